The smallest absolute Gasteiger partial charge is 0.281 e. The summed E-state index contributed by atoms with van der Waals surface area (Å²) in [7, 11) is 0. The summed E-state index contributed by atoms with van der Waals surface area (Å²) in [6.07, 6.45) is 1.37. The fourth-order valence-electron chi connectivity index (χ4n) is 1.43. The quantitative estimate of drug-likeness (QED) is 0.774. The lowest BCUT2D eigenvalue weighted by atomic mass is 10.1. The van der Waals surface area contributed by atoms with E-state index in [4.69, 9.17) is 5.73 Å². The summed E-state index contributed by atoms with van der Waals surface area (Å²) >= 11 is 0. The van der Waals surface area contributed by atoms with Crippen molar-refractivity contribution in [1.82, 2.24) is 19.5 Å². The summed E-state index contributed by atoms with van der Waals surface area (Å²) in [5.41, 5.74) is 5.79. The van der Waals surface area contributed by atoms with E-state index in [2.05, 4.69) is 15.0 Å². The van der Waals surface area contributed by atoms with Gasteiger partial charge in [0, 0.05) is 5.92 Å². The first kappa shape index (κ1) is 11.3. The third-order valence-corrected chi connectivity index (χ3v) is 2.53. The van der Waals surface area contributed by atoms with Gasteiger partial charge in [0.15, 0.2) is 16.9 Å². The maximum atomic E-state index is 12.0. The van der Waals surface area contributed by atoms with E-state index < -0.39 is 0 Å². The molecule has 0 fully saturated rings. The van der Waals surface area contributed by atoms with Crippen LogP contribution in [-0.4, -0.2) is 25.3 Å². The van der Waals surface area contributed by atoms with Crippen molar-refractivity contribution in [3.8, 4) is 0 Å². The largest absolute Gasteiger partial charge is 0.369 e. The molecular formula is C10H13N5O2. The molecule has 2 aromatic rings. The van der Waals surface area contributed by atoms with Gasteiger partial charge in [-0.15, -0.1) is 0 Å². The van der Waals surface area contributed by atoms with Crippen LogP contribution in [0, 0.1) is 5.92 Å². The zero-order valence-electron chi connectivity index (χ0n) is 9.60. The molecule has 7 heteroatoms. The molecule has 0 radical (unpaired) electrons. The Morgan fingerprint density at radius 3 is 2.94 bits per heavy atom. The molecule has 0 aliphatic rings. The highest BCUT2D eigenvalue weighted by atomic mass is 16.1. The van der Waals surface area contributed by atoms with Gasteiger partial charge in [0.2, 0.25) is 5.95 Å². The SMILES string of the molecule is CC(C)C(=O)Cn1c(N)nc2nc[nH]c2c1=O. The number of aromatic amines is 1. The monoisotopic (exact) mass is 235 g/mol. The lowest BCUT2D eigenvalue weighted by molar-refractivity contribution is -0.122. The van der Waals surface area contributed by atoms with Gasteiger partial charge >= 0.3 is 0 Å². The molecule has 0 atom stereocenters. The number of nitrogens with one attached hydrogen (secondary N) is 1. The van der Waals surface area contributed by atoms with Crippen molar-refractivity contribution in [3.05, 3.63) is 16.7 Å². The molecule has 2 aromatic heterocycles. The fourth-order valence-corrected chi connectivity index (χ4v) is 1.43. The number of carbonyl (C=O) groups excluding carboxylic acids is 1. The van der Waals surface area contributed by atoms with Gasteiger partial charge in [0.25, 0.3) is 5.56 Å². The molecule has 90 valence electrons. The Kier molecular flexibility index (Phi) is 2.66. The van der Waals surface area contributed by atoms with Crippen molar-refractivity contribution >= 4 is 22.9 Å². The van der Waals surface area contributed by atoms with Crippen LogP contribution >= 0.6 is 0 Å². The molecule has 0 spiro atoms. The van der Waals surface area contributed by atoms with E-state index in [-0.39, 0.29) is 40.9 Å². The number of H-pyrrole nitrogens is 1. The van der Waals surface area contributed by atoms with Crippen molar-refractivity contribution < 1.29 is 4.79 Å². The third kappa shape index (κ3) is 1.91. The number of nitrogen functional groups attached to an aromatic ring is 1. The second-order valence-corrected chi connectivity index (χ2v) is 4.08. The van der Waals surface area contributed by atoms with Crippen LogP contribution in [0.15, 0.2) is 11.1 Å². The first-order valence-corrected chi connectivity index (χ1v) is 5.22. The Balaban J connectivity index is 2.53. The summed E-state index contributed by atoms with van der Waals surface area (Å²) in [5, 5.41) is 0. The van der Waals surface area contributed by atoms with E-state index in [1.54, 1.807) is 13.8 Å². The van der Waals surface area contributed by atoms with Crippen molar-refractivity contribution in [1.29, 1.82) is 0 Å². The van der Waals surface area contributed by atoms with Gasteiger partial charge in [0.1, 0.15) is 0 Å². The molecule has 2 rings (SSSR count). The second kappa shape index (κ2) is 4.00. The number of hydrogen-bond donors (Lipinski definition) is 2. The summed E-state index contributed by atoms with van der Waals surface area (Å²) in [4.78, 5) is 34.1. The van der Waals surface area contributed by atoms with Crippen LogP contribution in [0.1, 0.15) is 13.8 Å². The van der Waals surface area contributed by atoms with Gasteiger partial charge in [-0.3, -0.25) is 14.2 Å². The van der Waals surface area contributed by atoms with Crippen LogP contribution in [0.2, 0.25) is 0 Å². The molecule has 0 aromatic carbocycles. The molecule has 0 aliphatic carbocycles. The topological polar surface area (TPSA) is 107 Å². The van der Waals surface area contributed by atoms with Gasteiger partial charge in [-0.25, -0.2) is 4.98 Å². The van der Waals surface area contributed by atoms with Crippen molar-refractivity contribution in [2.24, 2.45) is 5.92 Å². The lowest BCUT2D eigenvalue weighted by Gasteiger charge is -2.09. The molecule has 0 aliphatic heterocycles. The number of fused-ring (bicyclic) bond motifs is 1. The highest BCUT2D eigenvalue weighted by Gasteiger charge is 2.15. The number of ketones is 1. The molecular weight excluding hydrogens is 222 g/mol. The minimum atomic E-state index is -0.376. The molecule has 0 saturated carbocycles. The Hall–Kier alpha value is -2.18. The van der Waals surface area contributed by atoms with Crippen LogP contribution < -0.4 is 11.3 Å². The number of hydrogen-bond acceptors (Lipinski definition) is 5. The van der Waals surface area contributed by atoms with Crippen molar-refractivity contribution in [2.75, 3.05) is 5.73 Å². The van der Waals surface area contributed by atoms with Crippen molar-refractivity contribution in [2.45, 2.75) is 20.4 Å². The number of anilines is 1. The molecule has 0 unspecified atom stereocenters. The van der Waals surface area contributed by atoms with E-state index in [0.29, 0.717) is 0 Å². The number of imidazole rings is 1. The van der Waals surface area contributed by atoms with Gasteiger partial charge in [-0.2, -0.15) is 4.98 Å². The number of rotatable bonds is 3. The Labute approximate surface area is 96.7 Å². The number of nitrogens with zero attached hydrogens (tertiary/aromatic N) is 3. The third-order valence-electron chi connectivity index (χ3n) is 2.53. The average molecular weight is 235 g/mol. The van der Waals surface area contributed by atoms with Gasteiger partial charge in [-0.1, -0.05) is 13.8 Å². The maximum absolute atomic E-state index is 12.0. The van der Waals surface area contributed by atoms with E-state index in [9.17, 15) is 9.59 Å². The summed E-state index contributed by atoms with van der Waals surface area (Å²) < 4.78 is 1.16. The molecule has 2 heterocycles. The van der Waals surface area contributed by atoms with E-state index in [1.807, 2.05) is 0 Å². The predicted molar refractivity (Wildman–Crippen MR) is 62.4 cm³/mol. The van der Waals surface area contributed by atoms with Gasteiger partial charge in [0.05, 0.1) is 12.9 Å². The van der Waals surface area contributed by atoms with Crippen LogP contribution in [0.4, 0.5) is 5.95 Å². The Morgan fingerprint density at radius 1 is 1.59 bits per heavy atom. The molecule has 0 amide bonds. The minimum Gasteiger partial charge on any atom is -0.369 e. The van der Waals surface area contributed by atoms with E-state index in [0.717, 1.165) is 4.57 Å². The first-order chi connectivity index (χ1) is 8.00. The van der Waals surface area contributed by atoms with E-state index in [1.165, 1.54) is 6.33 Å². The zero-order chi connectivity index (χ0) is 12.6. The number of Topliss-reactive ketones (excluding diaryl/α,β-unsaturated/α-hetero) is 1. The van der Waals surface area contributed by atoms with Crippen molar-refractivity contribution in [3.63, 3.8) is 0 Å². The number of aromatic nitrogens is 4. The second-order valence-electron chi connectivity index (χ2n) is 4.08. The Morgan fingerprint density at radius 2 is 2.29 bits per heavy atom. The lowest BCUT2D eigenvalue weighted by Crippen LogP contribution is -2.29. The summed E-state index contributed by atoms with van der Waals surface area (Å²) in [5.74, 6) is -0.221. The molecule has 17 heavy (non-hydrogen) atoms. The highest BCUT2D eigenvalue weighted by molar-refractivity contribution is 5.81. The number of nitrogens with two attached hydrogens (primary N) is 1. The minimum absolute atomic E-state index is 0.00333. The summed E-state index contributed by atoms with van der Waals surface area (Å²) in [6.45, 7) is 3.47. The van der Waals surface area contributed by atoms with E-state index >= 15 is 0 Å². The normalized spacial score (nSPS) is 11.2. The van der Waals surface area contributed by atoms with Gasteiger partial charge in [-0.05, 0) is 0 Å². The number of carbonyl (C=O) groups is 1. The average Bonchev–Trinajstić information content (AvgIpc) is 2.71. The van der Waals surface area contributed by atoms with Crippen LogP contribution in [0.3, 0.4) is 0 Å². The first-order valence-electron chi connectivity index (χ1n) is 5.22. The molecule has 3 N–H and O–H groups in total. The Bertz CT molecular complexity index is 625. The molecule has 0 bridgehead atoms. The van der Waals surface area contributed by atoms with Gasteiger partial charge < -0.3 is 10.7 Å². The van der Waals surface area contributed by atoms with Crippen LogP contribution in [0.25, 0.3) is 11.2 Å². The highest BCUT2D eigenvalue weighted by Crippen LogP contribution is 2.05. The predicted octanol–water partition coefficient (Wildman–Crippen LogP) is -0.0731. The fraction of sp³-hybridized carbons (Fsp3) is 0.400. The zero-order valence-corrected chi connectivity index (χ0v) is 9.60. The molecule has 7 nitrogen and oxygen atoms in total. The summed E-state index contributed by atoms with van der Waals surface area (Å²) in [6, 6.07) is 0. The maximum Gasteiger partial charge on any atom is 0.281 e. The van der Waals surface area contributed by atoms with Crippen LogP contribution in [0.5, 0.6) is 0 Å². The van der Waals surface area contributed by atoms with Crippen LogP contribution in [-0.2, 0) is 11.3 Å². The standard InChI is InChI=1S/C10H13N5O2/c1-5(2)6(16)3-15-9(17)7-8(13-4-12-7)14-10(15)11/h4-5H,3H2,1-2H3,(H2,11,14)(H,12,13). The molecule has 0 saturated heterocycles.